The Hall–Kier alpha value is -1.14. The van der Waals surface area contributed by atoms with E-state index in [0.29, 0.717) is 6.07 Å². The third-order valence-electron chi connectivity index (χ3n) is 1.71. The van der Waals surface area contributed by atoms with Gasteiger partial charge in [0.1, 0.15) is 5.82 Å². The lowest BCUT2D eigenvalue weighted by atomic mass is 10.1. The summed E-state index contributed by atoms with van der Waals surface area (Å²) in [4.78, 5) is 3.04. The van der Waals surface area contributed by atoms with E-state index in [1.807, 2.05) is 0 Å². The molecule has 0 saturated carbocycles. The SMILES string of the molecule is N[C@@H](CCO)c1nc(F)c(F)cc1F. The maximum atomic E-state index is 13.0. The van der Waals surface area contributed by atoms with Crippen molar-refractivity contribution in [2.45, 2.75) is 12.5 Å². The molecule has 0 unspecified atom stereocenters. The Kier molecular flexibility index (Phi) is 3.43. The number of nitrogens with two attached hydrogens (primary N) is 1. The monoisotopic (exact) mass is 206 g/mol. The summed E-state index contributed by atoms with van der Waals surface area (Å²) < 4.78 is 38.0. The highest BCUT2D eigenvalue weighted by Crippen LogP contribution is 2.17. The number of pyridine rings is 1. The average Bonchev–Trinajstić information content (AvgIpc) is 2.11. The number of aliphatic hydroxyl groups is 1. The van der Waals surface area contributed by atoms with E-state index in [-0.39, 0.29) is 18.7 Å². The molecular formula is C8H9F3N2O. The van der Waals surface area contributed by atoms with Crippen LogP contribution in [0.5, 0.6) is 0 Å². The van der Waals surface area contributed by atoms with Crippen LogP contribution in [-0.4, -0.2) is 16.7 Å². The molecule has 1 atom stereocenters. The normalized spacial score (nSPS) is 12.9. The molecule has 1 heterocycles. The smallest absolute Gasteiger partial charge is 0.249 e. The third kappa shape index (κ3) is 2.21. The van der Waals surface area contributed by atoms with Crippen molar-refractivity contribution in [1.29, 1.82) is 0 Å². The van der Waals surface area contributed by atoms with Gasteiger partial charge in [0.05, 0.1) is 11.7 Å². The van der Waals surface area contributed by atoms with E-state index < -0.39 is 23.6 Å². The van der Waals surface area contributed by atoms with Crippen LogP contribution in [0.2, 0.25) is 0 Å². The number of hydrogen-bond donors (Lipinski definition) is 2. The van der Waals surface area contributed by atoms with Gasteiger partial charge in [0.15, 0.2) is 5.82 Å². The minimum absolute atomic E-state index is 0.0367. The van der Waals surface area contributed by atoms with Crippen LogP contribution in [0, 0.1) is 17.6 Å². The minimum atomic E-state index is -1.39. The molecule has 3 N–H and O–H groups in total. The summed E-state index contributed by atoms with van der Waals surface area (Å²) in [5, 5.41) is 8.51. The molecule has 14 heavy (non-hydrogen) atoms. The molecule has 0 amide bonds. The summed E-state index contributed by atoms with van der Waals surface area (Å²) in [5.74, 6) is -3.76. The molecule has 0 saturated heterocycles. The molecule has 0 aliphatic heterocycles. The van der Waals surface area contributed by atoms with E-state index in [1.54, 1.807) is 0 Å². The van der Waals surface area contributed by atoms with Crippen LogP contribution in [0.15, 0.2) is 6.07 Å². The van der Waals surface area contributed by atoms with Crippen molar-refractivity contribution in [3.05, 3.63) is 29.3 Å². The first-order valence-electron chi connectivity index (χ1n) is 3.94. The molecule has 6 heteroatoms. The van der Waals surface area contributed by atoms with Crippen LogP contribution in [-0.2, 0) is 0 Å². The molecule has 0 aromatic carbocycles. The number of rotatable bonds is 3. The fourth-order valence-corrected chi connectivity index (χ4v) is 0.993. The highest BCUT2D eigenvalue weighted by atomic mass is 19.2. The van der Waals surface area contributed by atoms with Crippen LogP contribution >= 0.6 is 0 Å². The summed E-state index contributed by atoms with van der Waals surface area (Å²) >= 11 is 0. The second-order valence-electron chi connectivity index (χ2n) is 2.75. The van der Waals surface area contributed by atoms with Crippen LogP contribution in [0.3, 0.4) is 0 Å². The molecule has 1 rings (SSSR count). The predicted octanol–water partition coefficient (Wildman–Crippen LogP) is 0.881. The van der Waals surface area contributed by atoms with Crippen molar-refractivity contribution < 1.29 is 18.3 Å². The van der Waals surface area contributed by atoms with Gasteiger partial charge in [-0.2, -0.15) is 4.39 Å². The highest BCUT2D eigenvalue weighted by molar-refractivity contribution is 5.13. The minimum Gasteiger partial charge on any atom is -0.396 e. The van der Waals surface area contributed by atoms with Crippen LogP contribution < -0.4 is 5.73 Å². The molecule has 0 bridgehead atoms. The summed E-state index contributed by atoms with van der Waals surface area (Å²) in [5.41, 5.74) is 5.00. The van der Waals surface area contributed by atoms with Gasteiger partial charge in [0, 0.05) is 12.7 Å². The van der Waals surface area contributed by atoms with Crippen molar-refractivity contribution in [3.8, 4) is 0 Å². The second kappa shape index (κ2) is 4.39. The molecule has 0 aliphatic rings. The van der Waals surface area contributed by atoms with Crippen LogP contribution in [0.4, 0.5) is 13.2 Å². The maximum Gasteiger partial charge on any atom is 0.249 e. The summed E-state index contributed by atoms with van der Waals surface area (Å²) in [6.07, 6.45) is 0.0367. The zero-order valence-electron chi connectivity index (χ0n) is 7.17. The lowest BCUT2D eigenvalue weighted by Crippen LogP contribution is -2.16. The molecule has 0 spiro atoms. The number of hydrogen-bond acceptors (Lipinski definition) is 3. The first-order chi connectivity index (χ1) is 6.56. The molecule has 0 radical (unpaired) electrons. The van der Waals surface area contributed by atoms with E-state index in [4.69, 9.17) is 10.8 Å². The van der Waals surface area contributed by atoms with Crippen molar-refractivity contribution in [2.75, 3.05) is 6.61 Å². The highest BCUT2D eigenvalue weighted by Gasteiger charge is 2.16. The van der Waals surface area contributed by atoms with Gasteiger partial charge in [-0.15, -0.1) is 0 Å². The van der Waals surface area contributed by atoms with Gasteiger partial charge in [-0.05, 0) is 6.42 Å². The van der Waals surface area contributed by atoms with Crippen LogP contribution in [0.25, 0.3) is 0 Å². The summed E-state index contributed by atoms with van der Waals surface area (Å²) in [6.45, 7) is -0.277. The average molecular weight is 206 g/mol. The standard InChI is InChI=1S/C8H9F3N2O/c9-4-3-5(10)8(11)13-7(4)6(12)1-2-14/h3,6,14H,1-2,12H2/t6-/m0/s1. The van der Waals surface area contributed by atoms with Gasteiger partial charge in [0.25, 0.3) is 0 Å². The molecule has 0 fully saturated rings. The Morgan fingerprint density at radius 2 is 2.00 bits per heavy atom. The zero-order chi connectivity index (χ0) is 10.7. The molecule has 3 nitrogen and oxygen atoms in total. The van der Waals surface area contributed by atoms with Crippen molar-refractivity contribution in [3.63, 3.8) is 0 Å². The Bertz CT molecular complexity index is 333. The zero-order valence-corrected chi connectivity index (χ0v) is 7.17. The van der Waals surface area contributed by atoms with Crippen LogP contribution in [0.1, 0.15) is 18.2 Å². The summed E-state index contributed by atoms with van der Waals surface area (Å²) in [7, 11) is 0. The van der Waals surface area contributed by atoms with Gasteiger partial charge < -0.3 is 10.8 Å². The Labute approximate surface area is 78.4 Å². The lowest BCUT2D eigenvalue weighted by Gasteiger charge is -2.10. The van der Waals surface area contributed by atoms with E-state index in [1.165, 1.54) is 0 Å². The Morgan fingerprint density at radius 3 is 2.57 bits per heavy atom. The van der Waals surface area contributed by atoms with Gasteiger partial charge in [-0.1, -0.05) is 0 Å². The second-order valence-corrected chi connectivity index (χ2v) is 2.75. The topological polar surface area (TPSA) is 59.1 Å². The first-order valence-corrected chi connectivity index (χ1v) is 3.94. The van der Waals surface area contributed by atoms with Crippen molar-refractivity contribution >= 4 is 0 Å². The van der Waals surface area contributed by atoms with E-state index >= 15 is 0 Å². The first kappa shape index (κ1) is 10.9. The molecule has 1 aromatic rings. The molecule has 78 valence electrons. The van der Waals surface area contributed by atoms with E-state index in [9.17, 15) is 13.2 Å². The molecular weight excluding hydrogens is 197 g/mol. The number of aliphatic hydroxyl groups excluding tert-OH is 1. The quantitative estimate of drug-likeness (QED) is 0.722. The lowest BCUT2D eigenvalue weighted by molar-refractivity contribution is 0.273. The third-order valence-corrected chi connectivity index (χ3v) is 1.71. The fraction of sp³-hybridized carbons (Fsp3) is 0.375. The summed E-state index contributed by atoms with van der Waals surface area (Å²) in [6, 6.07) is -0.551. The predicted molar refractivity (Wildman–Crippen MR) is 42.7 cm³/mol. The number of nitrogens with zero attached hydrogens (tertiary/aromatic N) is 1. The fourth-order valence-electron chi connectivity index (χ4n) is 0.993. The van der Waals surface area contributed by atoms with Gasteiger partial charge in [0.2, 0.25) is 5.95 Å². The van der Waals surface area contributed by atoms with E-state index in [0.717, 1.165) is 0 Å². The largest absolute Gasteiger partial charge is 0.396 e. The molecule has 1 aromatic heterocycles. The number of aromatic nitrogens is 1. The van der Waals surface area contributed by atoms with Crippen molar-refractivity contribution in [1.82, 2.24) is 4.98 Å². The van der Waals surface area contributed by atoms with Gasteiger partial charge in [-0.25, -0.2) is 13.8 Å². The Morgan fingerprint density at radius 1 is 1.36 bits per heavy atom. The van der Waals surface area contributed by atoms with E-state index in [2.05, 4.69) is 4.98 Å². The van der Waals surface area contributed by atoms with Crippen molar-refractivity contribution in [2.24, 2.45) is 5.73 Å². The Balaban J connectivity index is 3.02. The maximum absolute atomic E-state index is 13.0. The number of halogens is 3. The van der Waals surface area contributed by atoms with Gasteiger partial charge in [-0.3, -0.25) is 0 Å². The molecule has 0 aliphatic carbocycles. The van der Waals surface area contributed by atoms with Gasteiger partial charge >= 0.3 is 0 Å².